The van der Waals surface area contributed by atoms with Gasteiger partial charge in [0.05, 0.1) is 10.2 Å². The lowest BCUT2D eigenvalue weighted by Crippen LogP contribution is -2.13. The molecule has 1 amide bonds. The van der Waals surface area contributed by atoms with Crippen LogP contribution in [0.5, 0.6) is 0 Å². The lowest BCUT2D eigenvalue weighted by molar-refractivity contribution is 0.0997. The molecule has 1 aromatic heterocycles. The minimum Gasteiger partial charge on any atom is -0.319 e. The number of hydrogen-bond acceptors (Lipinski definition) is 2. The highest BCUT2D eigenvalue weighted by molar-refractivity contribution is 7.17. The SMILES string of the molecule is Cc1ccc(C)c(C(=O)N=c2sc3c4ccccc4ccc3n2C)c1. The summed E-state index contributed by atoms with van der Waals surface area (Å²) in [5.74, 6) is -0.187. The zero-order valence-electron chi connectivity index (χ0n) is 14.4. The lowest BCUT2D eigenvalue weighted by atomic mass is 10.1. The maximum Gasteiger partial charge on any atom is 0.279 e. The van der Waals surface area contributed by atoms with Crippen LogP contribution in [0, 0.1) is 13.8 Å². The average molecular weight is 346 g/mol. The van der Waals surface area contributed by atoms with Gasteiger partial charge in [-0.15, -0.1) is 0 Å². The third-order valence-corrected chi connectivity index (χ3v) is 5.70. The summed E-state index contributed by atoms with van der Waals surface area (Å²) >= 11 is 1.56. The number of aryl methyl sites for hydroxylation is 3. The molecule has 0 atom stereocenters. The Balaban J connectivity index is 1.93. The van der Waals surface area contributed by atoms with E-state index in [0.717, 1.165) is 26.1 Å². The molecule has 0 aliphatic carbocycles. The van der Waals surface area contributed by atoms with Gasteiger partial charge in [-0.1, -0.05) is 59.4 Å². The van der Waals surface area contributed by atoms with E-state index >= 15 is 0 Å². The largest absolute Gasteiger partial charge is 0.319 e. The minimum absolute atomic E-state index is 0.187. The predicted molar refractivity (Wildman–Crippen MR) is 104 cm³/mol. The van der Waals surface area contributed by atoms with Crippen molar-refractivity contribution in [2.24, 2.45) is 12.0 Å². The normalized spacial score (nSPS) is 12.2. The maximum absolute atomic E-state index is 12.7. The fraction of sp³-hybridized carbons (Fsp3) is 0.143. The number of aromatic nitrogens is 1. The summed E-state index contributed by atoms with van der Waals surface area (Å²) in [5.41, 5.74) is 3.78. The fourth-order valence-electron chi connectivity index (χ4n) is 3.08. The fourth-order valence-corrected chi connectivity index (χ4v) is 4.23. The number of amides is 1. The molecule has 0 spiro atoms. The molecule has 0 bridgehead atoms. The van der Waals surface area contributed by atoms with Crippen LogP contribution in [0.4, 0.5) is 0 Å². The van der Waals surface area contributed by atoms with Crippen molar-refractivity contribution < 1.29 is 4.79 Å². The van der Waals surface area contributed by atoms with Crippen LogP contribution in [-0.2, 0) is 7.05 Å². The molecule has 1 heterocycles. The number of thiazole rings is 1. The molecular formula is C21H18N2OS. The number of fused-ring (bicyclic) bond motifs is 3. The highest BCUT2D eigenvalue weighted by atomic mass is 32.1. The Labute approximate surface area is 149 Å². The molecule has 0 aliphatic rings. The summed E-state index contributed by atoms with van der Waals surface area (Å²) in [6, 6.07) is 18.4. The zero-order chi connectivity index (χ0) is 17.6. The number of hydrogen-bond donors (Lipinski definition) is 0. The number of carbonyl (C=O) groups excluding carboxylic acids is 1. The average Bonchev–Trinajstić information content (AvgIpc) is 2.93. The van der Waals surface area contributed by atoms with Crippen LogP contribution in [0.15, 0.2) is 59.6 Å². The van der Waals surface area contributed by atoms with Crippen LogP contribution < -0.4 is 4.80 Å². The summed E-state index contributed by atoms with van der Waals surface area (Å²) in [6.45, 7) is 3.93. The second-order valence-electron chi connectivity index (χ2n) is 6.31. The summed E-state index contributed by atoms with van der Waals surface area (Å²) in [5, 5.41) is 2.39. The zero-order valence-corrected chi connectivity index (χ0v) is 15.2. The molecule has 3 nitrogen and oxygen atoms in total. The van der Waals surface area contributed by atoms with Crippen LogP contribution in [-0.4, -0.2) is 10.5 Å². The predicted octanol–water partition coefficient (Wildman–Crippen LogP) is 4.75. The first-order chi connectivity index (χ1) is 12.0. The van der Waals surface area contributed by atoms with E-state index in [1.807, 2.05) is 55.8 Å². The smallest absolute Gasteiger partial charge is 0.279 e. The molecule has 0 unspecified atom stereocenters. The van der Waals surface area contributed by atoms with Crippen molar-refractivity contribution in [3.8, 4) is 0 Å². The summed E-state index contributed by atoms with van der Waals surface area (Å²) in [7, 11) is 1.96. The van der Waals surface area contributed by atoms with Gasteiger partial charge in [0.2, 0.25) is 0 Å². The van der Waals surface area contributed by atoms with E-state index in [0.29, 0.717) is 5.56 Å². The Morgan fingerprint density at radius 2 is 1.84 bits per heavy atom. The quantitative estimate of drug-likeness (QED) is 0.490. The van der Waals surface area contributed by atoms with Gasteiger partial charge in [0.15, 0.2) is 4.80 Å². The highest BCUT2D eigenvalue weighted by Crippen LogP contribution is 2.27. The van der Waals surface area contributed by atoms with Gasteiger partial charge in [-0.25, -0.2) is 0 Å². The van der Waals surface area contributed by atoms with Crippen molar-refractivity contribution in [2.45, 2.75) is 13.8 Å². The van der Waals surface area contributed by atoms with Gasteiger partial charge in [-0.05, 0) is 36.9 Å². The van der Waals surface area contributed by atoms with Gasteiger partial charge in [-0.3, -0.25) is 4.79 Å². The molecule has 0 saturated heterocycles. The van der Waals surface area contributed by atoms with E-state index in [1.54, 1.807) is 11.3 Å². The molecule has 4 aromatic rings. The molecule has 0 radical (unpaired) electrons. The van der Waals surface area contributed by atoms with Crippen molar-refractivity contribution in [1.29, 1.82) is 0 Å². The monoisotopic (exact) mass is 346 g/mol. The Morgan fingerprint density at radius 3 is 2.68 bits per heavy atom. The van der Waals surface area contributed by atoms with Crippen LogP contribution in [0.2, 0.25) is 0 Å². The highest BCUT2D eigenvalue weighted by Gasteiger charge is 2.11. The number of benzene rings is 3. The van der Waals surface area contributed by atoms with Crippen molar-refractivity contribution in [3.63, 3.8) is 0 Å². The van der Waals surface area contributed by atoms with Crippen LogP contribution in [0.3, 0.4) is 0 Å². The van der Waals surface area contributed by atoms with Crippen molar-refractivity contribution in [3.05, 3.63) is 76.1 Å². The topological polar surface area (TPSA) is 34.4 Å². The molecule has 0 N–H and O–H groups in total. The second kappa shape index (κ2) is 5.97. The van der Waals surface area contributed by atoms with Gasteiger partial charge >= 0.3 is 0 Å². The van der Waals surface area contributed by atoms with E-state index in [4.69, 9.17) is 0 Å². The molecule has 25 heavy (non-hydrogen) atoms. The first kappa shape index (κ1) is 15.8. The summed E-state index contributed by atoms with van der Waals surface area (Å²) in [4.78, 5) is 17.8. The Hall–Kier alpha value is -2.72. The standard InChI is InChI=1S/C21H18N2OS/c1-13-8-9-14(2)17(12-13)20(24)22-21-23(3)18-11-10-15-6-4-5-7-16(15)19(18)25-21/h4-12H,1-3H3. The van der Waals surface area contributed by atoms with E-state index in [1.165, 1.54) is 10.8 Å². The Morgan fingerprint density at radius 1 is 1.04 bits per heavy atom. The van der Waals surface area contributed by atoms with Crippen molar-refractivity contribution in [2.75, 3.05) is 0 Å². The number of nitrogens with zero attached hydrogens (tertiary/aromatic N) is 2. The van der Waals surface area contributed by atoms with Crippen LogP contribution in [0.25, 0.3) is 21.0 Å². The third-order valence-electron chi connectivity index (χ3n) is 4.52. The van der Waals surface area contributed by atoms with E-state index in [9.17, 15) is 4.79 Å². The van der Waals surface area contributed by atoms with E-state index in [2.05, 4.69) is 29.3 Å². The molecule has 3 aromatic carbocycles. The van der Waals surface area contributed by atoms with Gasteiger partial charge in [0.1, 0.15) is 0 Å². The first-order valence-corrected chi connectivity index (χ1v) is 9.00. The molecule has 0 fully saturated rings. The van der Waals surface area contributed by atoms with E-state index < -0.39 is 0 Å². The van der Waals surface area contributed by atoms with Gasteiger partial charge in [0.25, 0.3) is 5.91 Å². The van der Waals surface area contributed by atoms with Crippen LogP contribution >= 0.6 is 11.3 Å². The summed E-state index contributed by atoms with van der Waals surface area (Å²) in [6.07, 6.45) is 0. The molecule has 0 aliphatic heterocycles. The molecule has 0 saturated carbocycles. The molecule has 124 valence electrons. The van der Waals surface area contributed by atoms with Crippen molar-refractivity contribution in [1.82, 2.24) is 4.57 Å². The number of carbonyl (C=O) groups is 1. The Bertz CT molecular complexity index is 1200. The maximum atomic E-state index is 12.7. The molecule has 4 rings (SSSR count). The Kier molecular flexibility index (Phi) is 3.77. The summed E-state index contributed by atoms with van der Waals surface area (Å²) < 4.78 is 3.16. The first-order valence-electron chi connectivity index (χ1n) is 8.18. The number of rotatable bonds is 1. The van der Waals surface area contributed by atoms with Gasteiger partial charge < -0.3 is 4.57 Å². The third kappa shape index (κ3) is 2.68. The minimum atomic E-state index is -0.187. The molecule has 4 heteroatoms. The lowest BCUT2D eigenvalue weighted by Gasteiger charge is -2.02. The van der Waals surface area contributed by atoms with Gasteiger partial charge in [0, 0.05) is 18.0 Å². The molecular weight excluding hydrogens is 328 g/mol. The second-order valence-corrected chi connectivity index (χ2v) is 7.29. The van der Waals surface area contributed by atoms with Gasteiger partial charge in [-0.2, -0.15) is 4.99 Å². The van der Waals surface area contributed by atoms with Crippen molar-refractivity contribution >= 4 is 38.2 Å². The van der Waals surface area contributed by atoms with Crippen LogP contribution in [0.1, 0.15) is 21.5 Å². The van der Waals surface area contributed by atoms with E-state index in [-0.39, 0.29) is 5.91 Å².